The maximum absolute atomic E-state index is 10.9. The predicted octanol–water partition coefficient (Wildman–Crippen LogP) is 2.40. The van der Waals surface area contributed by atoms with E-state index in [1.165, 1.54) is 15.7 Å². The Morgan fingerprint density at radius 1 is 1.29 bits per heavy atom. The van der Waals surface area contributed by atoms with Gasteiger partial charge in [-0.3, -0.25) is 0 Å². The first-order chi connectivity index (χ1) is 7.99. The van der Waals surface area contributed by atoms with Crippen LogP contribution in [0, 0.1) is 13.8 Å². The molecule has 0 unspecified atom stereocenters. The summed E-state index contributed by atoms with van der Waals surface area (Å²) in [5.41, 5.74) is 4.01. The van der Waals surface area contributed by atoms with Gasteiger partial charge in [0.2, 0.25) is 5.82 Å². The lowest BCUT2D eigenvalue weighted by atomic mass is 10.1. The van der Waals surface area contributed by atoms with Gasteiger partial charge in [0.05, 0.1) is 5.69 Å². The largest absolute Gasteiger partial charge is 0.475 e. The first-order valence-corrected chi connectivity index (χ1v) is 5.33. The summed E-state index contributed by atoms with van der Waals surface area (Å²) in [6.45, 7) is 4.07. The van der Waals surface area contributed by atoms with Crippen molar-refractivity contribution in [3.05, 3.63) is 41.3 Å². The number of aromatic carboxylic acids is 1. The molecule has 0 aliphatic carbocycles. The van der Waals surface area contributed by atoms with Gasteiger partial charge in [0.1, 0.15) is 0 Å². The van der Waals surface area contributed by atoms with Crippen LogP contribution in [-0.4, -0.2) is 20.6 Å². The molecule has 17 heavy (non-hydrogen) atoms. The van der Waals surface area contributed by atoms with Crippen molar-refractivity contribution in [3.8, 4) is 11.3 Å². The van der Waals surface area contributed by atoms with E-state index >= 15 is 0 Å². The molecule has 0 amide bonds. The molecule has 1 aromatic carbocycles. The fourth-order valence-corrected chi connectivity index (χ4v) is 1.70. The number of rotatable bonds is 2. The van der Waals surface area contributed by atoms with Gasteiger partial charge in [-0.2, -0.15) is 0 Å². The lowest BCUT2D eigenvalue weighted by molar-refractivity contribution is 0.0680. The number of benzene rings is 1. The van der Waals surface area contributed by atoms with Crippen LogP contribution in [0.5, 0.6) is 0 Å². The summed E-state index contributed by atoms with van der Waals surface area (Å²) in [6.07, 6.45) is 1.73. The van der Waals surface area contributed by atoms with E-state index in [0.29, 0.717) is 5.69 Å². The molecule has 0 aliphatic heterocycles. The van der Waals surface area contributed by atoms with Gasteiger partial charge in [-0.25, -0.2) is 9.78 Å². The van der Waals surface area contributed by atoms with Gasteiger partial charge < -0.3 is 9.67 Å². The van der Waals surface area contributed by atoms with E-state index in [1.54, 1.807) is 13.2 Å². The molecule has 0 saturated heterocycles. The number of carboxylic acid groups (broad SMARTS) is 1. The van der Waals surface area contributed by atoms with Gasteiger partial charge in [-0.1, -0.05) is 12.1 Å². The third kappa shape index (κ3) is 2.06. The molecule has 1 N–H and O–H groups in total. The molecule has 4 nitrogen and oxygen atoms in total. The highest BCUT2D eigenvalue weighted by atomic mass is 16.4. The van der Waals surface area contributed by atoms with E-state index in [1.807, 2.05) is 32.0 Å². The van der Waals surface area contributed by atoms with Gasteiger partial charge in [-0.05, 0) is 31.0 Å². The molecular weight excluding hydrogens is 216 g/mol. The second-order valence-electron chi connectivity index (χ2n) is 4.16. The van der Waals surface area contributed by atoms with Crippen LogP contribution >= 0.6 is 0 Å². The Kier molecular flexibility index (Phi) is 2.71. The average molecular weight is 230 g/mol. The zero-order chi connectivity index (χ0) is 12.6. The zero-order valence-electron chi connectivity index (χ0n) is 10.1. The number of hydrogen-bond acceptors (Lipinski definition) is 2. The van der Waals surface area contributed by atoms with Crippen LogP contribution in [0.15, 0.2) is 24.4 Å². The first kappa shape index (κ1) is 11.4. The Hall–Kier alpha value is -2.10. The standard InChI is InChI=1S/C13H14N2O2/c1-8-4-5-10(6-9(8)2)11-7-15(3)12(14-11)13(16)17/h4-7H,1-3H3,(H,16,17). The fraction of sp³-hybridized carbons (Fsp3) is 0.231. The number of hydrogen-bond donors (Lipinski definition) is 1. The second kappa shape index (κ2) is 4.05. The molecule has 1 aromatic heterocycles. The van der Waals surface area contributed by atoms with Crippen LogP contribution in [0.1, 0.15) is 21.7 Å². The summed E-state index contributed by atoms with van der Waals surface area (Å²) in [6, 6.07) is 5.99. The number of imidazole rings is 1. The molecular formula is C13H14N2O2. The van der Waals surface area contributed by atoms with Gasteiger partial charge in [0, 0.05) is 18.8 Å². The maximum Gasteiger partial charge on any atom is 0.372 e. The smallest absolute Gasteiger partial charge is 0.372 e. The lowest BCUT2D eigenvalue weighted by Gasteiger charge is -2.01. The maximum atomic E-state index is 10.9. The van der Waals surface area contributed by atoms with Crippen molar-refractivity contribution in [2.75, 3.05) is 0 Å². The lowest BCUT2D eigenvalue weighted by Crippen LogP contribution is -2.04. The first-order valence-electron chi connectivity index (χ1n) is 5.33. The van der Waals surface area contributed by atoms with E-state index < -0.39 is 5.97 Å². The Bertz CT molecular complexity index is 585. The minimum Gasteiger partial charge on any atom is -0.475 e. The van der Waals surface area contributed by atoms with Crippen LogP contribution in [0.2, 0.25) is 0 Å². The minimum atomic E-state index is -1.01. The molecule has 4 heteroatoms. The minimum absolute atomic E-state index is 0.0539. The third-order valence-corrected chi connectivity index (χ3v) is 2.87. The van der Waals surface area contributed by atoms with Crippen LogP contribution in [0.25, 0.3) is 11.3 Å². The Labute approximate surface area is 99.5 Å². The van der Waals surface area contributed by atoms with Gasteiger partial charge in [0.15, 0.2) is 0 Å². The molecule has 0 radical (unpaired) electrons. The van der Waals surface area contributed by atoms with Gasteiger partial charge in [0.25, 0.3) is 0 Å². The number of nitrogens with zero attached hydrogens (tertiary/aromatic N) is 2. The van der Waals surface area contributed by atoms with Crippen molar-refractivity contribution in [1.29, 1.82) is 0 Å². The Morgan fingerprint density at radius 3 is 2.53 bits per heavy atom. The summed E-state index contributed by atoms with van der Waals surface area (Å²) >= 11 is 0. The fourth-order valence-electron chi connectivity index (χ4n) is 1.70. The van der Waals surface area contributed by atoms with Crippen molar-refractivity contribution < 1.29 is 9.90 Å². The van der Waals surface area contributed by atoms with Crippen LogP contribution in [0.3, 0.4) is 0 Å². The van der Waals surface area contributed by atoms with Crippen molar-refractivity contribution in [1.82, 2.24) is 9.55 Å². The summed E-state index contributed by atoms with van der Waals surface area (Å²) < 4.78 is 1.52. The monoisotopic (exact) mass is 230 g/mol. The predicted molar refractivity (Wildman–Crippen MR) is 65.1 cm³/mol. The van der Waals surface area contributed by atoms with E-state index in [0.717, 1.165) is 5.56 Å². The van der Waals surface area contributed by atoms with E-state index in [2.05, 4.69) is 4.98 Å². The summed E-state index contributed by atoms with van der Waals surface area (Å²) in [7, 11) is 1.68. The molecule has 2 aromatic rings. The van der Waals surface area contributed by atoms with E-state index in [4.69, 9.17) is 5.11 Å². The Morgan fingerprint density at radius 2 is 2.00 bits per heavy atom. The molecule has 88 valence electrons. The number of aromatic nitrogens is 2. The molecule has 0 atom stereocenters. The van der Waals surface area contributed by atoms with Crippen molar-refractivity contribution in [3.63, 3.8) is 0 Å². The van der Waals surface area contributed by atoms with E-state index in [-0.39, 0.29) is 5.82 Å². The summed E-state index contributed by atoms with van der Waals surface area (Å²) in [5.74, 6) is -0.958. The SMILES string of the molecule is Cc1ccc(-c2cn(C)c(C(=O)O)n2)cc1C. The third-order valence-electron chi connectivity index (χ3n) is 2.87. The van der Waals surface area contributed by atoms with Crippen molar-refractivity contribution in [2.45, 2.75) is 13.8 Å². The highest BCUT2D eigenvalue weighted by Gasteiger charge is 2.13. The quantitative estimate of drug-likeness (QED) is 0.861. The van der Waals surface area contributed by atoms with Crippen LogP contribution in [-0.2, 0) is 7.05 Å². The molecule has 0 aliphatic rings. The number of carbonyl (C=O) groups is 1. The highest BCUT2D eigenvalue weighted by Crippen LogP contribution is 2.21. The average Bonchev–Trinajstić information content (AvgIpc) is 2.64. The molecule has 1 heterocycles. The van der Waals surface area contributed by atoms with Crippen LogP contribution in [0.4, 0.5) is 0 Å². The summed E-state index contributed by atoms with van der Waals surface area (Å²) in [5, 5.41) is 8.94. The summed E-state index contributed by atoms with van der Waals surface area (Å²) in [4.78, 5) is 15.0. The number of carboxylic acids is 1. The Balaban J connectivity index is 2.50. The molecule has 0 saturated carbocycles. The highest BCUT2D eigenvalue weighted by molar-refractivity contribution is 5.84. The number of aryl methyl sites for hydroxylation is 3. The van der Waals surface area contributed by atoms with Crippen molar-refractivity contribution >= 4 is 5.97 Å². The van der Waals surface area contributed by atoms with Crippen LogP contribution < -0.4 is 0 Å². The molecule has 0 fully saturated rings. The zero-order valence-corrected chi connectivity index (χ0v) is 10.1. The van der Waals surface area contributed by atoms with E-state index in [9.17, 15) is 4.79 Å². The van der Waals surface area contributed by atoms with Gasteiger partial charge >= 0.3 is 5.97 Å². The topological polar surface area (TPSA) is 55.1 Å². The molecule has 0 bridgehead atoms. The normalized spacial score (nSPS) is 10.5. The molecule has 2 rings (SSSR count). The molecule has 0 spiro atoms. The van der Waals surface area contributed by atoms with Crippen molar-refractivity contribution in [2.24, 2.45) is 7.05 Å². The van der Waals surface area contributed by atoms with Gasteiger partial charge in [-0.15, -0.1) is 0 Å². The second-order valence-corrected chi connectivity index (χ2v) is 4.16.